The average Bonchev–Trinajstić information content (AvgIpc) is 2.87. The van der Waals surface area contributed by atoms with Gasteiger partial charge >= 0.3 is 0 Å². The predicted octanol–water partition coefficient (Wildman–Crippen LogP) is 2.76. The molecule has 4 nitrogen and oxygen atoms in total. The lowest BCUT2D eigenvalue weighted by atomic mass is 10.1. The second kappa shape index (κ2) is 6.52. The third-order valence-electron chi connectivity index (χ3n) is 3.01. The van der Waals surface area contributed by atoms with Gasteiger partial charge in [0.2, 0.25) is 0 Å². The van der Waals surface area contributed by atoms with E-state index < -0.39 is 0 Å². The van der Waals surface area contributed by atoms with Crippen LogP contribution in [0.5, 0.6) is 5.75 Å². The monoisotopic (exact) mass is 277 g/mol. The number of ether oxygens (including phenoxy) is 1. The lowest BCUT2D eigenvalue weighted by Gasteiger charge is -2.06. The standard InChI is InChI=1S/C15H20FN3O/c1-10(2)17-7-6-15-18-9-13(19-15)11-4-5-14(20-3)12(16)8-11/h4-5,8-10,17H,6-7H2,1-3H3,(H,18,19). The Balaban J connectivity index is 2.06. The van der Waals surface area contributed by atoms with Crippen LogP contribution >= 0.6 is 0 Å². The SMILES string of the molecule is COc1ccc(-c2cnc(CCNC(C)C)[nH]2)cc1F. The van der Waals surface area contributed by atoms with E-state index in [1.165, 1.54) is 13.2 Å². The van der Waals surface area contributed by atoms with Crippen LogP contribution < -0.4 is 10.1 Å². The highest BCUT2D eigenvalue weighted by molar-refractivity contribution is 5.59. The van der Waals surface area contributed by atoms with Crippen LogP contribution in [0, 0.1) is 5.82 Å². The molecule has 2 aromatic rings. The minimum Gasteiger partial charge on any atom is -0.494 e. The van der Waals surface area contributed by atoms with E-state index in [2.05, 4.69) is 29.1 Å². The smallest absolute Gasteiger partial charge is 0.165 e. The predicted molar refractivity (Wildman–Crippen MR) is 77.4 cm³/mol. The lowest BCUT2D eigenvalue weighted by Crippen LogP contribution is -2.25. The Morgan fingerprint density at radius 2 is 2.20 bits per heavy atom. The lowest BCUT2D eigenvalue weighted by molar-refractivity contribution is 0.386. The summed E-state index contributed by atoms with van der Waals surface area (Å²) in [5.41, 5.74) is 1.57. The van der Waals surface area contributed by atoms with Crippen molar-refractivity contribution >= 4 is 0 Å². The van der Waals surface area contributed by atoms with E-state index in [0.29, 0.717) is 6.04 Å². The molecule has 0 radical (unpaired) electrons. The number of rotatable bonds is 6. The van der Waals surface area contributed by atoms with Gasteiger partial charge < -0.3 is 15.0 Å². The number of H-pyrrole nitrogens is 1. The zero-order chi connectivity index (χ0) is 14.5. The van der Waals surface area contributed by atoms with Gasteiger partial charge in [0.25, 0.3) is 0 Å². The van der Waals surface area contributed by atoms with Crippen molar-refractivity contribution in [2.75, 3.05) is 13.7 Å². The molecule has 5 heteroatoms. The third kappa shape index (κ3) is 3.57. The Labute approximate surface area is 118 Å². The maximum Gasteiger partial charge on any atom is 0.165 e. The summed E-state index contributed by atoms with van der Waals surface area (Å²) >= 11 is 0. The minimum atomic E-state index is -0.373. The molecule has 0 bridgehead atoms. The van der Waals surface area contributed by atoms with Gasteiger partial charge in [-0.3, -0.25) is 0 Å². The number of nitrogens with one attached hydrogen (secondary N) is 2. The number of aromatic amines is 1. The molecule has 2 rings (SSSR count). The summed E-state index contributed by atoms with van der Waals surface area (Å²) in [7, 11) is 1.45. The highest BCUT2D eigenvalue weighted by atomic mass is 19.1. The fourth-order valence-corrected chi connectivity index (χ4v) is 1.95. The summed E-state index contributed by atoms with van der Waals surface area (Å²) in [5.74, 6) is 0.765. The van der Waals surface area contributed by atoms with Crippen molar-refractivity contribution in [2.45, 2.75) is 26.3 Å². The zero-order valence-electron chi connectivity index (χ0n) is 12.0. The fraction of sp³-hybridized carbons (Fsp3) is 0.400. The summed E-state index contributed by atoms with van der Waals surface area (Å²) in [5, 5.41) is 3.33. The first-order chi connectivity index (χ1) is 9.60. The van der Waals surface area contributed by atoms with Gasteiger partial charge in [-0.2, -0.15) is 0 Å². The van der Waals surface area contributed by atoms with Crippen LogP contribution in [-0.2, 0) is 6.42 Å². The molecule has 0 saturated carbocycles. The van der Waals surface area contributed by atoms with Crippen LogP contribution in [0.4, 0.5) is 4.39 Å². The molecular weight excluding hydrogens is 257 g/mol. The summed E-state index contributed by atoms with van der Waals surface area (Å²) < 4.78 is 18.6. The van der Waals surface area contributed by atoms with Gasteiger partial charge in [-0.25, -0.2) is 9.37 Å². The van der Waals surface area contributed by atoms with Gasteiger partial charge in [0.15, 0.2) is 11.6 Å². The highest BCUT2D eigenvalue weighted by Crippen LogP contribution is 2.24. The van der Waals surface area contributed by atoms with Gasteiger partial charge in [-0.05, 0) is 18.2 Å². The first kappa shape index (κ1) is 14.5. The van der Waals surface area contributed by atoms with Crippen molar-refractivity contribution in [2.24, 2.45) is 0 Å². The van der Waals surface area contributed by atoms with Gasteiger partial charge in [0.05, 0.1) is 19.0 Å². The molecule has 0 aliphatic rings. The summed E-state index contributed by atoms with van der Waals surface area (Å²) in [6.45, 7) is 5.07. The first-order valence-electron chi connectivity index (χ1n) is 6.71. The number of aromatic nitrogens is 2. The van der Waals surface area contributed by atoms with Gasteiger partial charge in [-0.15, -0.1) is 0 Å². The number of benzene rings is 1. The number of hydrogen-bond donors (Lipinski definition) is 2. The maximum absolute atomic E-state index is 13.7. The molecule has 108 valence electrons. The Hall–Kier alpha value is -1.88. The number of imidazole rings is 1. The van der Waals surface area contributed by atoms with Crippen LogP contribution in [0.1, 0.15) is 19.7 Å². The van der Waals surface area contributed by atoms with Crippen molar-refractivity contribution in [3.63, 3.8) is 0 Å². The van der Waals surface area contributed by atoms with Crippen LogP contribution in [-0.4, -0.2) is 29.7 Å². The molecule has 0 fully saturated rings. The van der Waals surface area contributed by atoms with E-state index in [9.17, 15) is 4.39 Å². The molecule has 0 amide bonds. The number of nitrogens with zero attached hydrogens (tertiary/aromatic N) is 1. The molecule has 0 spiro atoms. The molecule has 1 aromatic heterocycles. The second-order valence-electron chi connectivity index (χ2n) is 4.95. The molecule has 0 saturated heterocycles. The summed E-state index contributed by atoms with van der Waals surface area (Å²) in [6, 6.07) is 5.33. The van der Waals surface area contributed by atoms with Crippen molar-refractivity contribution in [3.05, 3.63) is 36.0 Å². The molecule has 0 aliphatic carbocycles. The fourth-order valence-electron chi connectivity index (χ4n) is 1.95. The Morgan fingerprint density at radius 1 is 1.40 bits per heavy atom. The van der Waals surface area contributed by atoms with Crippen LogP contribution in [0.3, 0.4) is 0 Å². The van der Waals surface area contributed by atoms with Gasteiger partial charge in [0, 0.05) is 24.6 Å². The third-order valence-corrected chi connectivity index (χ3v) is 3.01. The molecule has 0 aliphatic heterocycles. The number of hydrogen-bond acceptors (Lipinski definition) is 3. The van der Waals surface area contributed by atoms with Crippen molar-refractivity contribution < 1.29 is 9.13 Å². The minimum absolute atomic E-state index is 0.245. The van der Waals surface area contributed by atoms with Crippen molar-refractivity contribution in [1.82, 2.24) is 15.3 Å². The number of methoxy groups -OCH3 is 1. The van der Waals surface area contributed by atoms with E-state index in [-0.39, 0.29) is 11.6 Å². The largest absolute Gasteiger partial charge is 0.494 e. The van der Waals surface area contributed by atoms with Crippen molar-refractivity contribution in [1.29, 1.82) is 0 Å². The molecule has 0 unspecified atom stereocenters. The van der Waals surface area contributed by atoms with E-state index in [1.54, 1.807) is 12.3 Å². The Morgan fingerprint density at radius 3 is 2.85 bits per heavy atom. The Kier molecular flexibility index (Phi) is 4.74. The van der Waals surface area contributed by atoms with Gasteiger partial charge in [0.1, 0.15) is 5.82 Å². The van der Waals surface area contributed by atoms with Crippen LogP contribution in [0.2, 0.25) is 0 Å². The highest BCUT2D eigenvalue weighted by Gasteiger charge is 2.08. The molecule has 1 heterocycles. The van der Waals surface area contributed by atoms with E-state index in [0.717, 1.165) is 30.0 Å². The second-order valence-corrected chi connectivity index (χ2v) is 4.95. The van der Waals surface area contributed by atoms with E-state index in [1.807, 2.05) is 6.07 Å². The topological polar surface area (TPSA) is 49.9 Å². The zero-order valence-corrected chi connectivity index (χ0v) is 12.0. The van der Waals surface area contributed by atoms with E-state index in [4.69, 9.17) is 4.74 Å². The molecule has 2 N–H and O–H groups in total. The van der Waals surface area contributed by atoms with Crippen molar-refractivity contribution in [3.8, 4) is 17.0 Å². The molecule has 20 heavy (non-hydrogen) atoms. The van der Waals surface area contributed by atoms with Crippen LogP contribution in [0.25, 0.3) is 11.3 Å². The first-order valence-corrected chi connectivity index (χ1v) is 6.71. The Bertz CT molecular complexity index is 566. The maximum atomic E-state index is 13.7. The normalized spacial score (nSPS) is 11.1. The summed E-state index contributed by atoms with van der Waals surface area (Å²) in [4.78, 5) is 7.52. The van der Waals surface area contributed by atoms with E-state index >= 15 is 0 Å². The summed E-state index contributed by atoms with van der Waals surface area (Å²) in [6.07, 6.45) is 2.54. The number of halogens is 1. The van der Waals surface area contributed by atoms with Gasteiger partial charge in [-0.1, -0.05) is 13.8 Å². The average molecular weight is 277 g/mol. The molecular formula is C15H20FN3O. The van der Waals surface area contributed by atoms with Crippen LogP contribution in [0.15, 0.2) is 24.4 Å². The quantitative estimate of drug-likeness (QED) is 0.853. The molecule has 1 aromatic carbocycles. The molecule has 0 atom stereocenters.